The molecule has 1 atom stereocenters. The molecule has 29 heavy (non-hydrogen) atoms. The van der Waals surface area contributed by atoms with Crippen molar-refractivity contribution in [2.75, 3.05) is 26.2 Å². The van der Waals surface area contributed by atoms with Gasteiger partial charge in [0.25, 0.3) is 0 Å². The molecule has 1 aliphatic rings. The first kappa shape index (κ1) is 27.7. The van der Waals surface area contributed by atoms with Gasteiger partial charge in [0.1, 0.15) is 5.54 Å². The number of benzene rings is 1. The molecule has 0 spiro atoms. The van der Waals surface area contributed by atoms with Gasteiger partial charge >= 0.3 is 0 Å². The van der Waals surface area contributed by atoms with Crippen LogP contribution in [0.3, 0.4) is 0 Å². The zero-order valence-electron chi connectivity index (χ0n) is 17.4. The Labute approximate surface area is 192 Å². The van der Waals surface area contributed by atoms with E-state index in [9.17, 15) is 4.79 Å². The van der Waals surface area contributed by atoms with Crippen LogP contribution in [0.1, 0.15) is 29.4 Å². The predicted molar refractivity (Wildman–Crippen MR) is 124 cm³/mol. The van der Waals surface area contributed by atoms with Crippen molar-refractivity contribution in [3.63, 3.8) is 0 Å². The second-order valence-electron chi connectivity index (χ2n) is 7.41. The van der Waals surface area contributed by atoms with Gasteiger partial charge in [0.15, 0.2) is 0 Å². The highest BCUT2D eigenvalue weighted by molar-refractivity contribution is 5.87. The van der Waals surface area contributed by atoms with Crippen LogP contribution in [-0.2, 0) is 23.9 Å². The summed E-state index contributed by atoms with van der Waals surface area (Å²) in [6.07, 6.45) is 0. The van der Waals surface area contributed by atoms with E-state index in [0.717, 1.165) is 30.9 Å². The molecule has 1 unspecified atom stereocenters. The molecule has 1 aromatic heterocycles. The second kappa shape index (κ2) is 11.2. The number of nitrogens with zero attached hydrogens (tertiary/aromatic N) is 4. The Hall–Kier alpha value is -1.31. The monoisotopic (exact) mass is 463 g/mol. The Bertz CT molecular complexity index is 787. The van der Waals surface area contributed by atoms with Crippen molar-refractivity contribution in [3.05, 3.63) is 52.8 Å². The van der Waals surface area contributed by atoms with E-state index in [1.54, 1.807) is 6.92 Å². The van der Waals surface area contributed by atoms with Crippen molar-refractivity contribution in [2.24, 2.45) is 12.8 Å². The number of hydrogen-bond donors (Lipinski definition) is 1. The van der Waals surface area contributed by atoms with E-state index in [0.29, 0.717) is 13.1 Å². The highest BCUT2D eigenvalue weighted by Crippen LogP contribution is 2.22. The van der Waals surface area contributed by atoms with Crippen LogP contribution in [0, 0.1) is 13.8 Å². The van der Waals surface area contributed by atoms with Crippen molar-refractivity contribution >= 4 is 43.1 Å². The van der Waals surface area contributed by atoms with Gasteiger partial charge in [0.05, 0.1) is 5.69 Å². The number of carbonyl (C=O) groups excluding carboxylic acids is 1. The number of halogens is 3. The van der Waals surface area contributed by atoms with Gasteiger partial charge in [-0.05, 0) is 26.3 Å². The normalized spacial score (nSPS) is 16.1. The molecule has 1 aliphatic heterocycles. The number of aromatic nitrogens is 2. The van der Waals surface area contributed by atoms with E-state index in [1.165, 1.54) is 11.3 Å². The molecule has 2 aromatic rings. The highest BCUT2D eigenvalue weighted by Gasteiger charge is 2.35. The highest BCUT2D eigenvalue weighted by atomic mass is 35.5. The number of aryl methyl sites for hydroxylation is 2. The van der Waals surface area contributed by atoms with Gasteiger partial charge in [0, 0.05) is 51.0 Å². The first-order chi connectivity index (χ1) is 12.3. The van der Waals surface area contributed by atoms with E-state index in [1.807, 2.05) is 47.0 Å². The third kappa shape index (κ3) is 5.86. The Balaban J connectivity index is 0.00000261. The molecule has 1 fully saturated rings. The second-order valence-corrected chi connectivity index (χ2v) is 7.41. The number of hydrogen-bond acceptors (Lipinski definition) is 4. The average molecular weight is 465 g/mol. The largest absolute Gasteiger partial charge is 0.338 e. The summed E-state index contributed by atoms with van der Waals surface area (Å²) in [6.45, 7) is 9.96. The quantitative estimate of drug-likeness (QED) is 0.755. The summed E-state index contributed by atoms with van der Waals surface area (Å²) in [5.41, 5.74) is 9.85. The predicted octanol–water partition coefficient (Wildman–Crippen LogP) is 2.82. The molecule has 0 aliphatic carbocycles. The maximum atomic E-state index is 13.0. The number of carbonyl (C=O) groups is 1. The first-order valence-corrected chi connectivity index (χ1v) is 9.16. The number of nitrogens with two attached hydrogens (primary N) is 1. The van der Waals surface area contributed by atoms with E-state index < -0.39 is 5.54 Å². The van der Waals surface area contributed by atoms with Gasteiger partial charge in [-0.2, -0.15) is 5.10 Å². The van der Waals surface area contributed by atoms with E-state index in [4.69, 9.17) is 5.73 Å². The molecule has 1 saturated heterocycles. The van der Waals surface area contributed by atoms with Crippen molar-refractivity contribution in [3.8, 4) is 0 Å². The van der Waals surface area contributed by atoms with Crippen LogP contribution in [0.4, 0.5) is 0 Å². The number of rotatable bonds is 4. The molecule has 9 heteroatoms. The standard InChI is InChI=1S/C20H29N5O.3ClH/c1-15-18(16(2)23(4)22-15)14-24-10-12-25(13-11-24)19(26)20(3,21)17-8-6-5-7-9-17;;;/h5-9H,10-14,21H2,1-4H3;3*1H. The third-order valence-corrected chi connectivity index (χ3v) is 5.52. The lowest BCUT2D eigenvalue weighted by Gasteiger charge is -2.38. The van der Waals surface area contributed by atoms with E-state index in [-0.39, 0.29) is 43.1 Å². The minimum absolute atomic E-state index is 0. The van der Waals surface area contributed by atoms with Gasteiger partial charge in [-0.25, -0.2) is 0 Å². The van der Waals surface area contributed by atoms with Gasteiger partial charge in [-0.1, -0.05) is 30.3 Å². The summed E-state index contributed by atoms with van der Waals surface area (Å²) < 4.78 is 1.93. The zero-order chi connectivity index (χ0) is 18.9. The average Bonchev–Trinajstić information content (AvgIpc) is 2.88. The Morgan fingerprint density at radius 2 is 1.62 bits per heavy atom. The summed E-state index contributed by atoms with van der Waals surface area (Å²) in [7, 11) is 1.98. The fraction of sp³-hybridized carbons (Fsp3) is 0.500. The first-order valence-electron chi connectivity index (χ1n) is 9.16. The lowest BCUT2D eigenvalue weighted by atomic mass is 9.91. The molecular weight excluding hydrogens is 433 g/mol. The van der Waals surface area contributed by atoms with Crippen molar-refractivity contribution in [1.29, 1.82) is 0 Å². The fourth-order valence-corrected chi connectivity index (χ4v) is 3.62. The zero-order valence-corrected chi connectivity index (χ0v) is 19.9. The molecule has 0 bridgehead atoms. The molecule has 6 nitrogen and oxygen atoms in total. The van der Waals surface area contributed by atoms with Crippen LogP contribution < -0.4 is 5.73 Å². The van der Waals surface area contributed by atoms with Gasteiger partial charge in [-0.3, -0.25) is 14.4 Å². The smallest absolute Gasteiger partial charge is 0.247 e. The minimum atomic E-state index is -0.986. The molecule has 164 valence electrons. The summed E-state index contributed by atoms with van der Waals surface area (Å²) in [5.74, 6) is -0.00270. The maximum Gasteiger partial charge on any atom is 0.247 e. The fourth-order valence-electron chi connectivity index (χ4n) is 3.62. The molecule has 1 aromatic carbocycles. The molecule has 2 N–H and O–H groups in total. The summed E-state index contributed by atoms with van der Waals surface area (Å²) in [6, 6.07) is 9.61. The van der Waals surface area contributed by atoms with Gasteiger partial charge in [0.2, 0.25) is 5.91 Å². The van der Waals surface area contributed by atoms with Gasteiger partial charge < -0.3 is 10.6 Å². The van der Waals surface area contributed by atoms with Crippen molar-refractivity contribution in [2.45, 2.75) is 32.9 Å². The lowest BCUT2D eigenvalue weighted by molar-refractivity contribution is -0.138. The van der Waals surface area contributed by atoms with E-state index in [2.05, 4.69) is 23.8 Å². The summed E-state index contributed by atoms with van der Waals surface area (Å²) in [4.78, 5) is 17.2. The van der Waals surface area contributed by atoms with Crippen LogP contribution in [0.5, 0.6) is 0 Å². The lowest BCUT2D eigenvalue weighted by Crippen LogP contribution is -2.56. The minimum Gasteiger partial charge on any atom is -0.338 e. The summed E-state index contributed by atoms with van der Waals surface area (Å²) in [5, 5.41) is 4.49. The Kier molecular flexibility index (Phi) is 10.7. The number of amides is 1. The SMILES string of the molecule is Cc1nn(C)c(C)c1CN1CCN(C(=O)C(C)(N)c2ccccc2)CC1.Cl.Cl.Cl. The van der Waals surface area contributed by atoms with E-state index >= 15 is 0 Å². The van der Waals surface area contributed by atoms with Crippen LogP contribution >= 0.6 is 37.2 Å². The Morgan fingerprint density at radius 3 is 2.10 bits per heavy atom. The molecular formula is C20H32Cl3N5O. The van der Waals surface area contributed by atoms with Crippen LogP contribution in [0.2, 0.25) is 0 Å². The topological polar surface area (TPSA) is 67.4 Å². The van der Waals surface area contributed by atoms with Crippen LogP contribution in [0.25, 0.3) is 0 Å². The maximum absolute atomic E-state index is 13.0. The van der Waals surface area contributed by atoms with Crippen LogP contribution in [0.15, 0.2) is 30.3 Å². The van der Waals surface area contributed by atoms with Crippen molar-refractivity contribution in [1.82, 2.24) is 19.6 Å². The van der Waals surface area contributed by atoms with Crippen LogP contribution in [-0.4, -0.2) is 51.7 Å². The molecule has 2 heterocycles. The third-order valence-electron chi connectivity index (χ3n) is 5.52. The van der Waals surface area contributed by atoms with Crippen molar-refractivity contribution < 1.29 is 4.79 Å². The summed E-state index contributed by atoms with van der Waals surface area (Å²) >= 11 is 0. The molecule has 0 radical (unpaired) electrons. The Morgan fingerprint density at radius 1 is 1.07 bits per heavy atom. The number of piperazine rings is 1. The molecule has 1 amide bonds. The molecule has 3 rings (SSSR count). The van der Waals surface area contributed by atoms with Gasteiger partial charge in [-0.15, -0.1) is 37.2 Å². The molecule has 0 saturated carbocycles.